The SMILES string of the molecule is COc1cc2c(nn1)=CC(=O)CC=2. The van der Waals surface area contributed by atoms with E-state index in [2.05, 4.69) is 10.2 Å². The van der Waals surface area contributed by atoms with Crippen LogP contribution in [0.25, 0.3) is 12.2 Å². The highest BCUT2D eigenvalue weighted by Gasteiger charge is 2.03. The van der Waals surface area contributed by atoms with E-state index in [0.29, 0.717) is 17.6 Å². The van der Waals surface area contributed by atoms with Gasteiger partial charge in [-0.05, 0) is 0 Å². The minimum absolute atomic E-state index is 0.0620. The lowest BCUT2D eigenvalue weighted by atomic mass is 10.1. The fourth-order valence-corrected chi connectivity index (χ4v) is 1.19. The van der Waals surface area contributed by atoms with E-state index in [1.807, 2.05) is 6.08 Å². The molecule has 66 valence electrons. The van der Waals surface area contributed by atoms with Gasteiger partial charge in [-0.2, -0.15) is 0 Å². The van der Waals surface area contributed by atoms with Crippen LogP contribution >= 0.6 is 0 Å². The Hall–Kier alpha value is -1.71. The summed E-state index contributed by atoms with van der Waals surface area (Å²) in [6.07, 6.45) is 3.76. The van der Waals surface area contributed by atoms with Crippen molar-refractivity contribution in [3.05, 3.63) is 16.6 Å². The third-order valence-corrected chi connectivity index (χ3v) is 1.86. The number of Topliss-reactive ketones (excluding diaryl/α,β-unsaturated/α-hetero) is 1. The predicted octanol–water partition coefficient (Wildman–Crippen LogP) is -0.981. The fourth-order valence-electron chi connectivity index (χ4n) is 1.19. The standard InChI is InChI=1S/C9H8N2O2/c1-13-9-4-6-2-3-7(12)5-8(6)10-11-9/h2,4-5H,3H2,1H3. The molecule has 0 saturated carbocycles. The van der Waals surface area contributed by atoms with Gasteiger partial charge in [-0.3, -0.25) is 4.79 Å². The van der Waals surface area contributed by atoms with E-state index in [0.717, 1.165) is 5.22 Å². The molecule has 1 aromatic heterocycles. The van der Waals surface area contributed by atoms with Crippen LogP contribution in [0.3, 0.4) is 0 Å². The second-order valence-corrected chi connectivity index (χ2v) is 2.75. The molecule has 0 aromatic carbocycles. The third kappa shape index (κ3) is 1.42. The first-order chi connectivity index (χ1) is 6.29. The molecule has 0 radical (unpaired) electrons. The van der Waals surface area contributed by atoms with Crippen LogP contribution in [0.2, 0.25) is 0 Å². The molecule has 4 nitrogen and oxygen atoms in total. The zero-order valence-electron chi connectivity index (χ0n) is 7.15. The van der Waals surface area contributed by atoms with Gasteiger partial charge in [0.1, 0.15) is 0 Å². The lowest BCUT2D eigenvalue weighted by Crippen LogP contribution is -2.33. The number of ether oxygens (including phenoxy) is 1. The molecule has 4 heteroatoms. The Bertz CT molecular complexity index is 465. The van der Waals surface area contributed by atoms with Crippen molar-refractivity contribution in [3.63, 3.8) is 0 Å². The van der Waals surface area contributed by atoms with E-state index in [1.54, 1.807) is 6.07 Å². The van der Waals surface area contributed by atoms with E-state index < -0.39 is 0 Å². The highest BCUT2D eigenvalue weighted by molar-refractivity contribution is 6.08. The van der Waals surface area contributed by atoms with Gasteiger partial charge in [-0.25, -0.2) is 0 Å². The number of carbonyl (C=O) groups excluding carboxylic acids is 1. The first-order valence-electron chi connectivity index (χ1n) is 3.92. The van der Waals surface area contributed by atoms with Gasteiger partial charge in [-0.15, -0.1) is 10.2 Å². The summed E-state index contributed by atoms with van der Waals surface area (Å²) in [5, 5.41) is 9.16. The number of methoxy groups -OCH3 is 1. The van der Waals surface area contributed by atoms with Gasteiger partial charge >= 0.3 is 0 Å². The Balaban J connectivity index is 2.67. The Morgan fingerprint density at radius 3 is 3.08 bits per heavy atom. The summed E-state index contributed by atoms with van der Waals surface area (Å²) in [6, 6.07) is 1.77. The second kappa shape index (κ2) is 2.97. The largest absolute Gasteiger partial charge is 0.480 e. The van der Waals surface area contributed by atoms with Crippen LogP contribution in [0.5, 0.6) is 5.88 Å². The van der Waals surface area contributed by atoms with Crippen molar-refractivity contribution in [2.24, 2.45) is 0 Å². The number of fused-ring (bicyclic) bond motifs is 1. The van der Waals surface area contributed by atoms with Gasteiger partial charge in [0.25, 0.3) is 0 Å². The highest BCUT2D eigenvalue weighted by Crippen LogP contribution is 1.96. The molecule has 0 atom stereocenters. The van der Waals surface area contributed by atoms with Crippen LogP contribution in [-0.4, -0.2) is 23.1 Å². The molecule has 0 fully saturated rings. The maximum Gasteiger partial charge on any atom is 0.233 e. The van der Waals surface area contributed by atoms with Gasteiger partial charge in [0.15, 0.2) is 5.78 Å². The summed E-state index contributed by atoms with van der Waals surface area (Å²) < 4.78 is 4.91. The monoisotopic (exact) mass is 176 g/mol. The summed E-state index contributed by atoms with van der Waals surface area (Å²) in [7, 11) is 1.54. The van der Waals surface area contributed by atoms with Crippen LogP contribution in [0.4, 0.5) is 0 Å². The second-order valence-electron chi connectivity index (χ2n) is 2.75. The zero-order valence-corrected chi connectivity index (χ0v) is 7.15. The summed E-state index contributed by atoms with van der Waals surface area (Å²) >= 11 is 0. The molecule has 2 rings (SSSR count). The number of carbonyl (C=O) groups is 1. The van der Waals surface area contributed by atoms with E-state index in [1.165, 1.54) is 13.2 Å². The van der Waals surface area contributed by atoms with E-state index in [4.69, 9.17) is 4.74 Å². The number of aromatic nitrogens is 2. The minimum atomic E-state index is 0.0620. The fraction of sp³-hybridized carbons (Fsp3) is 0.222. The van der Waals surface area contributed by atoms with E-state index in [9.17, 15) is 4.79 Å². The number of hydrogen-bond acceptors (Lipinski definition) is 4. The molecule has 0 spiro atoms. The normalized spacial score (nSPS) is 14.1. The van der Waals surface area contributed by atoms with E-state index in [-0.39, 0.29) is 5.78 Å². The number of rotatable bonds is 1. The van der Waals surface area contributed by atoms with E-state index >= 15 is 0 Å². The topological polar surface area (TPSA) is 52.1 Å². The Morgan fingerprint density at radius 2 is 2.31 bits per heavy atom. The van der Waals surface area contributed by atoms with Crippen molar-refractivity contribution >= 4 is 17.9 Å². The first-order valence-corrected chi connectivity index (χ1v) is 3.92. The molecule has 1 aromatic rings. The summed E-state index contributed by atoms with van der Waals surface area (Å²) in [4.78, 5) is 11.0. The van der Waals surface area contributed by atoms with Gasteiger partial charge < -0.3 is 4.74 Å². The van der Waals surface area contributed by atoms with Crippen molar-refractivity contribution < 1.29 is 9.53 Å². The molecule has 0 saturated heterocycles. The first kappa shape index (κ1) is 7.91. The molecular weight excluding hydrogens is 168 g/mol. The quantitative estimate of drug-likeness (QED) is 0.552. The number of nitrogens with zero attached hydrogens (tertiary/aromatic N) is 2. The number of ketones is 1. The lowest BCUT2D eigenvalue weighted by molar-refractivity contribution is -0.112. The van der Waals surface area contributed by atoms with Crippen molar-refractivity contribution in [1.29, 1.82) is 0 Å². The van der Waals surface area contributed by atoms with Crippen LogP contribution < -0.4 is 15.3 Å². The molecule has 0 amide bonds. The maximum absolute atomic E-state index is 11.0. The average molecular weight is 176 g/mol. The van der Waals surface area contributed by atoms with Gasteiger partial charge in [-0.1, -0.05) is 6.08 Å². The molecule has 0 N–H and O–H groups in total. The Kier molecular flexibility index (Phi) is 1.81. The molecule has 0 bridgehead atoms. The summed E-state index contributed by atoms with van der Waals surface area (Å²) in [5.41, 5.74) is 0. The average Bonchev–Trinajstić information content (AvgIpc) is 2.17. The van der Waals surface area contributed by atoms with Gasteiger partial charge in [0.2, 0.25) is 5.88 Å². The molecular formula is C9H8N2O2. The molecule has 1 aliphatic rings. The molecule has 13 heavy (non-hydrogen) atoms. The van der Waals surface area contributed by atoms with Crippen LogP contribution in [0.1, 0.15) is 6.42 Å². The predicted molar refractivity (Wildman–Crippen MR) is 46.4 cm³/mol. The molecule has 0 aliphatic heterocycles. The molecule has 1 aliphatic carbocycles. The minimum Gasteiger partial charge on any atom is -0.480 e. The lowest BCUT2D eigenvalue weighted by Gasteiger charge is -1.99. The smallest absolute Gasteiger partial charge is 0.233 e. The Labute approximate surface area is 74.6 Å². The van der Waals surface area contributed by atoms with Crippen LogP contribution in [0.15, 0.2) is 6.07 Å². The maximum atomic E-state index is 11.0. The third-order valence-electron chi connectivity index (χ3n) is 1.86. The molecule has 0 unspecified atom stereocenters. The number of hydrogen-bond donors (Lipinski definition) is 0. The molecule has 1 heterocycles. The highest BCUT2D eigenvalue weighted by atomic mass is 16.5. The van der Waals surface area contributed by atoms with Gasteiger partial charge in [0, 0.05) is 23.8 Å². The van der Waals surface area contributed by atoms with Crippen molar-refractivity contribution in [3.8, 4) is 5.88 Å². The van der Waals surface area contributed by atoms with Gasteiger partial charge in [0.05, 0.1) is 12.5 Å². The zero-order chi connectivity index (χ0) is 9.26. The summed E-state index contributed by atoms with van der Waals surface area (Å²) in [6.45, 7) is 0. The summed E-state index contributed by atoms with van der Waals surface area (Å²) in [5.74, 6) is 0.532. The van der Waals surface area contributed by atoms with Crippen LogP contribution in [0, 0.1) is 0 Å². The van der Waals surface area contributed by atoms with Crippen molar-refractivity contribution in [2.75, 3.05) is 7.11 Å². The van der Waals surface area contributed by atoms with Crippen molar-refractivity contribution in [1.82, 2.24) is 10.2 Å². The van der Waals surface area contributed by atoms with Crippen LogP contribution in [-0.2, 0) is 4.79 Å². The van der Waals surface area contributed by atoms with Crippen molar-refractivity contribution in [2.45, 2.75) is 6.42 Å². The Morgan fingerprint density at radius 1 is 1.46 bits per heavy atom.